The minimum atomic E-state index is 0.151. The molecule has 0 aromatic carbocycles. The first-order valence-electron chi connectivity index (χ1n) is 5.41. The van der Waals surface area contributed by atoms with Crippen molar-refractivity contribution >= 4 is 11.1 Å². The number of furan rings is 1. The monoisotopic (exact) mass is 205 g/mol. The number of rotatable bonds is 0. The first-order valence-corrected chi connectivity index (χ1v) is 5.41. The van der Waals surface area contributed by atoms with Crippen LogP contribution in [0.5, 0.6) is 0 Å². The van der Waals surface area contributed by atoms with Gasteiger partial charge in [-0.25, -0.2) is 4.98 Å². The van der Waals surface area contributed by atoms with E-state index in [9.17, 15) is 0 Å². The molecule has 82 valence electrons. The van der Waals surface area contributed by atoms with Gasteiger partial charge in [-0.15, -0.1) is 0 Å². The molecule has 0 saturated carbocycles. The lowest BCUT2D eigenvalue weighted by Gasteiger charge is -2.17. The molecule has 0 spiro atoms. The van der Waals surface area contributed by atoms with Gasteiger partial charge in [-0.1, -0.05) is 34.6 Å². The molecule has 0 atom stereocenters. The molecule has 0 fully saturated rings. The van der Waals surface area contributed by atoms with Crippen LogP contribution in [0.2, 0.25) is 0 Å². The molecule has 0 N–H and O–H groups in total. The van der Waals surface area contributed by atoms with Gasteiger partial charge in [0.25, 0.3) is 0 Å². The SMILES string of the molecule is CC.CC(C)(C)c1cnc2occc2c1. The average Bonchev–Trinajstić information content (AvgIpc) is 2.66. The average molecular weight is 205 g/mol. The Morgan fingerprint density at radius 1 is 1.20 bits per heavy atom. The quantitative estimate of drug-likeness (QED) is 0.645. The third-order valence-electron chi connectivity index (χ3n) is 2.17. The minimum absolute atomic E-state index is 0.151. The van der Waals surface area contributed by atoms with E-state index in [1.54, 1.807) is 6.26 Å². The van der Waals surface area contributed by atoms with Crippen LogP contribution in [0.15, 0.2) is 29.0 Å². The molecule has 0 radical (unpaired) electrons. The lowest BCUT2D eigenvalue weighted by molar-refractivity contribution is 0.582. The summed E-state index contributed by atoms with van der Waals surface area (Å²) in [5, 5.41) is 1.08. The largest absolute Gasteiger partial charge is 0.446 e. The molecule has 2 heteroatoms. The van der Waals surface area contributed by atoms with Crippen LogP contribution in [0.1, 0.15) is 40.2 Å². The van der Waals surface area contributed by atoms with Crippen molar-refractivity contribution in [2.45, 2.75) is 40.0 Å². The van der Waals surface area contributed by atoms with Gasteiger partial charge in [-0.3, -0.25) is 0 Å². The van der Waals surface area contributed by atoms with Gasteiger partial charge in [0, 0.05) is 11.6 Å². The smallest absolute Gasteiger partial charge is 0.225 e. The van der Waals surface area contributed by atoms with E-state index >= 15 is 0 Å². The summed E-state index contributed by atoms with van der Waals surface area (Å²) in [6.45, 7) is 10.5. The van der Waals surface area contributed by atoms with E-state index in [2.05, 4.69) is 31.8 Å². The standard InChI is InChI=1S/C11H13NO.C2H6/c1-11(2,3)9-6-8-4-5-13-10(8)12-7-9;1-2/h4-7H,1-3H3;1-2H3. The molecule has 15 heavy (non-hydrogen) atoms. The Morgan fingerprint density at radius 3 is 2.47 bits per heavy atom. The third-order valence-corrected chi connectivity index (χ3v) is 2.17. The molecule has 0 bridgehead atoms. The van der Waals surface area contributed by atoms with Gasteiger partial charge >= 0.3 is 0 Å². The molecule has 0 aliphatic carbocycles. The van der Waals surface area contributed by atoms with Crippen molar-refractivity contribution in [2.75, 3.05) is 0 Å². The maximum absolute atomic E-state index is 5.17. The lowest BCUT2D eigenvalue weighted by Crippen LogP contribution is -2.10. The van der Waals surface area contributed by atoms with Crippen molar-refractivity contribution in [1.29, 1.82) is 0 Å². The maximum Gasteiger partial charge on any atom is 0.225 e. The summed E-state index contributed by atoms with van der Waals surface area (Å²) in [5.41, 5.74) is 2.10. The number of nitrogens with zero attached hydrogens (tertiary/aromatic N) is 1. The molecule has 2 aromatic rings. The second kappa shape index (κ2) is 4.47. The second-order valence-electron chi connectivity index (χ2n) is 4.29. The van der Waals surface area contributed by atoms with Crippen LogP contribution in [0, 0.1) is 0 Å². The van der Waals surface area contributed by atoms with Gasteiger partial charge < -0.3 is 4.42 Å². The normalized spacial score (nSPS) is 11.0. The Labute approximate surface area is 91.3 Å². The van der Waals surface area contributed by atoms with E-state index in [0.29, 0.717) is 5.71 Å². The summed E-state index contributed by atoms with van der Waals surface area (Å²) in [5.74, 6) is 0. The summed E-state index contributed by atoms with van der Waals surface area (Å²) < 4.78 is 5.17. The summed E-state index contributed by atoms with van der Waals surface area (Å²) in [6.07, 6.45) is 3.55. The highest BCUT2D eigenvalue weighted by Crippen LogP contribution is 2.24. The fraction of sp³-hybridized carbons (Fsp3) is 0.462. The van der Waals surface area contributed by atoms with Crippen LogP contribution in [0.4, 0.5) is 0 Å². The zero-order valence-corrected chi connectivity index (χ0v) is 10.2. The molecule has 2 nitrogen and oxygen atoms in total. The van der Waals surface area contributed by atoms with E-state index < -0.39 is 0 Å². The maximum atomic E-state index is 5.17. The van der Waals surface area contributed by atoms with Crippen molar-refractivity contribution in [3.05, 3.63) is 30.2 Å². The van der Waals surface area contributed by atoms with Crippen LogP contribution < -0.4 is 0 Å². The number of hydrogen-bond acceptors (Lipinski definition) is 2. The summed E-state index contributed by atoms with van der Waals surface area (Å²) in [7, 11) is 0. The highest BCUT2D eigenvalue weighted by Gasteiger charge is 2.14. The van der Waals surface area contributed by atoms with E-state index in [0.717, 1.165) is 5.39 Å². The van der Waals surface area contributed by atoms with Gasteiger partial charge in [0.2, 0.25) is 5.71 Å². The molecular weight excluding hydrogens is 186 g/mol. The minimum Gasteiger partial charge on any atom is -0.446 e. The predicted octanol–water partition coefficient (Wildman–Crippen LogP) is 4.15. The highest BCUT2D eigenvalue weighted by molar-refractivity contribution is 5.73. The van der Waals surface area contributed by atoms with Gasteiger partial charge in [0.1, 0.15) is 0 Å². The number of fused-ring (bicyclic) bond motifs is 1. The molecule has 0 unspecified atom stereocenters. The molecule has 0 amide bonds. The van der Waals surface area contributed by atoms with Crippen LogP contribution in [-0.2, 0) is 5.41 Å². The van der Waals surface area contributed by atoms with Crippen molar-refractivity contribution in [3.8, 4) is 0 Å². The lowest BCUT2D eigenvalue weighted by atomic mass is 9.88. The van der Waals surface area contributed by atoms with Crippen LogP contribution in [0.3, 0.4) is 0 Å². The number of aromatic nitrogens is 1. The molecule has 0 aliphatic rings. The Morgan fingerprint density at radius 2 is 1.87 bits per heavy atom. The fourth-order valence-electron chi connectivity index (χ4n) is 1.27. The van der Waals surface area contributed by atoms with E-state index in [1.807, 2.05) is 26.1 Å². The third kappa shape index (κ3) is 2.58. The summed E-state index contributed by atoms with van der Waals surface area (Å²) >= 11 is 0. The van der Waals surface area contributed by atoms with Crippen molar-refractivity contribution in [3.63, 3.8) is 0 Å². The highest BCUT2D eigenvalue weighted by atomic mass is 16.3. The topological polar surface area (TPSA) is 26.0 Å². The second-order valence-corrected chi connectivity index (χ2v) is 4.29. The summed E-state index contributed by atoms with van der Waals surface area (Å²) in [6, 6.07) is 4.07. The molecule has 2 aromatic heterocycles. The van der Waals surface area contributed by atoms with E-state index in [4.69, 9.17) is 4.42 Å². The predicted molar refractivity (Wildman–Crippen MR) is 64.1 cm³/mol. The van der Waals surface area contributed by atoms with Crippen LogP contribution in [0.25, 0.3) is 11.1 Å². The van der Waals surface area contributed by atoms with Crippen LogP contribution in [-0.4, -0.2) is 4.98 Å². The van der Waals surface area contributed by atoms with Crippen LogP contribution >= 0.6 is 0 Å². The Hall–Kier alpha value is -1.31. The van der Waals surface area contributed by atoms with Crippen molar-refractivity contribution < 1.29 is 4.42 Å². The van der Waals surface area contributed by atoms with Gasteiger partial charge in [0.05, 0.1) is 6.26 Å². The Bertz CT molecular complexity index is 423. The molecule has 2 heterocycles. The Kier molecular flexibility index (Phi) is 3.51. The Balaban J connectivity index is 0.000000531. The van der Waals surface area contributed by atoms with E-state index in [1.165, 1.54) is 5.56 Å². The molecular formula is C13H19NO. The first-order chi connectivity index (χ1) is 7.07. The first kappa shape index (κ1) is 11.8. The van der Waals surface area contributed by atoms with E-state index in [-0.39, 0.29) is 5.41 Å². The van der Waals surface area contributed by atoms with Gasteiger partial charge in [0.15, 0.2) is 0 Å². The number of pyridine rings is 1. The van der Waals surface area contributed by atoms with Gasteiger partial charge in [-0.2, -0.15) is 0 Å². The zero-order valence-electron chi connectivity index (χ0n) is 10.2. The zero-order chi connectivity index (χ0) is 11.5. The van der Waals surface area contributed by atoms with Gasteiger partial charge in [-0.05, 0) is 23.1 Å². The summed E-state index contributed by atoms with van der Waals surface area (Å²) in [4.78, 5) is 4.24. The van der Waals surface area contributed by atoms with Crippen molar-refractivity contribution in [2.24, 2.45) is 0 Å². The number of hydrogen-bond donors (Lipinski definition) is 0. The van der Waals surface area contributed by atoms with Crippen molar-refractivity contribution in [1.82, 2.24) is 4.98 Å². The molecule has 0 aliphatic heterocycles. The fourth-order valence-corrected chi connectivity index (χ4v) is 1.27. The molecule has 2 rings (SSSR count). The molecule has 0 saturated heterocycles.